The second-order valence-corrected chi connectivity index (χ2v) is 5.89. The quantitative estimate of drug-likeness (QED) is 0.919. The minimum Gasteiger partial charge on any atom is -0.352 e. The van der Waals surface area contributed by atoms with Crippen molar-refractivity contribution >= 4 is 22.4 Å². The molecule has 0 spiro atoms. The van der Waals surface area contributed by atoms with Crippen molar-refractivity contribution < 1.29 is 4.79 Å². The molecule has 0 aromatic carbocycles. The van der Waals surface area contributed by atoms with Crippen molar-refractivity contribution in [2.75, 3.05) is 24.5 Å². The van der Waals surface area contributed by atoms with Gasteiger partial charge in [-0.2, -0.15) is 0 Å². The molecule has 110 valence electrons. The summed E-state index contributed by atoms with van der Waals surface area (Å²) in [6.45, 7) is 2.84. The van der Waals surface area contributed by atoms with Crippen molar-refractivity contribution in [1.29, 1.82) is 0 Å². The van der Waals surface area contributed by atoms with Gasteiger partial charge in [0.2, 0.25) is 0 Å². The molecule has 0 saturated carbocycles. The van der Waals surface area contributed by atoms with Crippen molar-refractivity contribution in [3.05, 3.63) is 41.2 Å². The van der Waals surface area contributed by atoms with E-state index in [9.17, 15) is 4.79 Å². The fourth-order valence-corrected chi connectivity index (χ4v) is 3.29. The lowest BCUT2D eigenvalue weighted by atomic mass is 10.2. The van der Waals surface area contributed by atoms with Gasteiger partial charge >= 0.3 is 0 Å². The SMILES string of the molecule is O=C(NCCc1csc(N2CCCC2)n1)c1ccncc1. The zero-order chi connectivity index (χ0) is 14.5. The molecule has 6 heteroatoms. The van der Waals surface area contributed by atoms with Gasteiger partial charge in [-0.3, -0.25) is 9.78 Å². The lowest BCUT2D eigenvalue weighted by molar-refractivity contribution is 0.0954. The number of hydrogen-bond acceptors (Lipinski definition) is 5. The molecular weight excluding hydrogens is 284 g/mol. The van der Waals surface area contributed by atoms with Crippen LogP contribution >= 0.6 is 11.3 Å². The number of pyridine rings is 1. The number of thiazole rings is 1. The normalized spacial score (nSPS) is 14.4. The maximum absolute atomic E-state index is 11.9. The summed E-state index contributed by atoms with van der Waals surface area (Å²) in [4.78, 5) is 22.8. The fourth-order valence-electron chi connectivity index (χ4n) is 2.37. The summed E-state index contributed by atoms with van der Waals surface area (Å²) in [5.74, 6) is -0.0626. The highest BCUT2D eigenvalue weighted by Crippen LogP contribution is 2.24. The number of aromatic nitrogens is 2. The van der Waals surface area contributed by atoms with E-state index in [1.54, 1.807) is 35.9 Å². The van der Waals surface area contributed by atoms with E-state index in [0.717, 1.165) is 30.3 Å². The van der Waals surface area contributed by atoms with E-state index in [1.165, 1.54) is 12.8 Å². The van der Waals surface area contributed by atoms with Gasteiger partial charge in [0.1, 0.15) is 0 Å². The average Bonchev–Trinajstić information content (AvgIpc) is 3.19. The van der Waals surface area contributed by atoms with E-state index < -0.39 is 0 Å². The van der Waals surface area contributed by atoms with Crippen molar-refractivity contribution in [3.63, 3.8) is 0 Å². The van der Waals surface area contributed by atoms with Gasteiger partial charge in [0.25, 0.3) is 5.91 Å². The average molecular weight is 302 g/mol. The molecule has 0 unspecified atom stereocenters. The van der Waals surface area contributed by atoms with Crippen LogP contribution in [0.25, 0.3) is 0 Å². The fraction of sp³-hybridized carbons (Fsp3) is 0.400. The molecular formula is C15H18N4OS. The number of hydrogen-bond donors (Lipinski definition) is 1. The molecule has 0 radical (unpaired) electrons. The highest BCUT2D eigenvalue weighted by molar-refractivity contribution is 7.13. The number of carbonyl (C=O) groups excluding carboxylic acids is 1. The van der Waals surface area contributed by atoms with Crippen molar-refractivity contribution in [2.45, 2.75) is 19.3 Å². The summed E-state index contributed by atoms with van der Waals surface area (Å²) in [5, 5.41) is 6.11. The Hall–Kier alpha value is -1.95. The summed E-state index contributed by atoms with van der Waals surface area (Å²) in [5.41, 5.74) is 1.69. The van der Waals surface area contributed by atoms with Gasteiger partial charge in [-0.15, -0.1) is 11.3 Å². The van der Waals surface area contributed by atoms with E-state index in [1.807, 2.05) is 0 Å². The number of rotatable bonds is 5. The molecule has 1 aliphatic heterocycles. The molecule has 2 aromatic heterocycles. The number of carbonyl (C=O) groups is 1. The van der Waals surface area contributed by atoms with Crippen LogP contribution in [0, 0.1) is 0 Å². The van der Waals surface area contributed by atoms with Gasteiger partial charge in [0, 0.05) is 49.4 Å². The van der Waals surface area contributed by atoms with Gasteiger partial charge < -0.3 is 10.2 Å². The summed E-state index contributed by atoms with van der Waals surface area (Å²) < 4.78 is 0. The molecule has 0 aliphatic carbocycles. The maximum Gasteiger partial charge on any atom is 0.251 e. The summed E-state index contributed by atoms with van der Waals surface area (Å²) in [6, 6.07) is 3.42. The van der Waals surface area contributed by atoms with E-state index in [0.29, 0.717) is 12.1 Å². The Bertz CT molecular complexity index is 593. The van der Waals surface area contributed by atoms with Crippen LogP contribution in [0.3, 0.4) is 0 Å². The Labute approximate surface area is 128 Å². The Morgan fingerprint density at radius 3 is 2.81 bits per heavy atom. The topological polar surface area (TPSA) is 58.1 Å². The Morgan fingerprint density at radius 2 is 2.05 bits per heavy atom. The summed E-state index contributed by atoms with van der Waals surface area (Å²) in [6.07, 6.45) is 6.53. The van der Waals surface area contributed by atoms with Crippen molar-refractivity contribution in [3.8, 4) is 0 Å². The second kappa shape index (κ2) is 6.67. The smallest absolute Gasteiger partial charge is 0.251 e. The molecule has 5 nitrogen and oxygen atoms in total. The molecule has 0 bridgehead atoms. The van der Waals surface area contributed by atoms with E-state index in [-0.39, 0.29) is 5.91 Å². The van der Waals surface area contributed by atoms with Crippen LogP contribution < -0.4 is 10.2 Å². The monoisotopic (exact) mass is 302 g/mol. The zero-order valence-electron chi connectivity index (χ0n) is 11.8. The zero-order valence-corrected chi connectivity index (χ0v) is 12.6. The van der Waals surface area contributed by atoms with Crippen molar-refractivity contribution in [2.24, 2.45) is 0 Å². The Kier molecular flexibility index (Phi) is 4.45. The first kappa shape index (κ1) is 14.0. The highest BCUT2D eigenvalue weighted by atomic mass is 32.1. The summed E-state index contributed by atoms with van der Waals surface area (Å²) in [7, 11) is 0. The van der Waals surface area contributed by atoms with Gasteiger partial charge in [0.15, 0.2) is 5.13 Å². The van der Waals surface area contributed by atoms with Gasteiger partial charge in [-0.05, 0) is 25.0 Å². The minimum absolute atomic E-state index is 0.0626. The number of amides is 1. The first-order valence-corrected chi connectivity index (χ1v) is 8.08. The minimum atomic E-state index is -0.0626. The standard InChI is InChI=1S/C15H18N4OS/c20-14(12-3-6-16-7-4-12)17-8-5-13-11-21-15(18-13)19-9-1-2-10-19/h3-4,6-7,11H,1-2,5,8-10H2,(H,17,20). The first-order valence-electron chi connectivity index (χ1n) is 7.20. The molecule has 1 aliphatic rings. The van der Waals surface area contributed by atoms with E-state index >= 15 is 0 Å². The van der Waals surface area contributed by atoms with Crippen LogP contribution in [0.2, 0.25) is 0 Å². The molecule has 1 fully saturated rings. The Balaban J connectivity index is 1.48. The number of nitrogens with zero attached hydrogens (tertiary/aromatic N) is 3. The lowest BCUT2D eigenvalue weighted by Gasteiger charge is -2.12. The second-order valence-electron chi connectivity index (χ2n) is 5.06. The number of nitrogens with one attached hydrogen (secondary N) is 1. The van der Waals surface area contributed by atoms with Crippen LogP contribution in [0.5, 0.6) is 0 Å². The molecule has 0 atom stereocenters. The van der Waals surface area contributed by atoms with Crippen LogP contribution in [0.4, 0.5) is 5.13 Å². The van der Waals surface area contributed by atoms with Gasteiger partial charge in [0.05, 0.1) is 5.69 Å². The van der Waals surface area contributed by atoms with Crippen LogP contribution in [0.1, 0.15) is 28.9 Å². The third-order valence-electron chi connectivity index (χ3n) is 3.53. The molecule has 2 aromatic rings. The first-order chi connectivity index (χ1) is 10.3. The number of anilines is 1. The van der Waals surface area contributed by atoms with Gasteiger partial charge in [-0.1, -0.05) is 0 Å². The Morgan fingerprint density at radius 1 is 1.29 bits per heavy atom. The predicted octanol–water partition coefficient (Wildman–Crippen LogP) is 2.11. The largest absolute Gasteiger partial charge is 0.352 e. The predicted molar refractivity (Wildman–Crippen MR) is 83.8 cm³/mol. The van der Waals surface area contributed by atoms with Crippen LogP contribution in [-0.4, -0.2) is 35.5 Å². The molecule has 1 amide bonds. The van der Waals surface area contributed by atoms with Gasteiger partial charge in [-0.25, -0.2) is 4.98 Å². The van der Waals surface area contributed by atoms with E-state index in [2.05, 4.69) is 25.6 Å². The van der Waals surface area contributed by atoms with Crippen LogP contribution in [0.15, 0.2) is 29.9 Å². The summed E-state index contributed by atoms with van der Waals surface area (Å²) >= 11 is 1.70. The molecule has 3 rings (SSSR count). The third kappa shape index (κ3) is 3.58. The van der Waals surface area contributed by atoms with Crippen molar-refractivity contribution in [1.82, 2.24) is 15.3 Å². The molecule has 21 heavy (non-hydrogen) atoms. The lowest BCUT2D eigenvalue weighted by Crippen LogP contribution is -2.25. The molecule has 1 N–H and O–H groups in total. The molecule has 1 saturated heterocycles. The highest BCUT2D eigenvalue weighted by Gasteiger charge is 2.15. The maximum atomic E-state index is 11.9. The third-order valence-corrected chi connectivity index (χ3v) is 4.48. The van der Waals surface area contributed by atoms with Crippen LogP contribution in [-0.2, 0) is 6.42 Å². The molecule has 3 heterocycles. The van der Waals surface area contributed by atoms with E-state index in [4.69, 9.17) is 0 Å².